The molecule has 0 spiro atoms. The number of methoxy groups -OCH3 is 1. The Kier molecular flexibility index (Phi) is 3.48. The van der Waals surface area contributed by atoms with Crippen LogP contribution in [0.25, 0.3) is 0 Å². The first kappa shape index (κ1) is 13.1. The van der Waals surface area contributed by atoms with E-state index in [0.717, 1.165) is 32.0 Å². The molecule has 0 atom stereocenters. The molecule has 1 aromatic rings. The molecule has 1 aromatic heterocycles. The van der Waals surface area contributed by atoms with E-state index >= 15 is 0 Å². The van der Waals surface area contributed by atoms with E-state index in [9.17, 15) is 4.79 Å². The number of aromatic nitrogens is 2. The lowest BCUT2D eigenvalue weighted by Gasteiger charge is -2.41. The summed E-state index contributed by atoms with van der Waals surface area (Å²) >= 11 is 0. The maximum Gasteiger partial charge on any atom is 0.160 e. The highest BCUT2D eigenvalue weighted by Crippen LogP contribution is 2.45. The molecule has 4 heteroatoms. The number of aldehydes is 1. The molecule has 1 aliphatic rings. The Morgan fingerprint density at radius 3 is 2.17 bits per heavy atom. The van der Waals surface area contributed by atoms with Gasteiger partial charge in [-0.25, -0.2) is 9.97 Å². The third-order valence-electron chi connectivity index (χ3n) is 4.02. The van der Waals surface area contributed by atoms with E-state index in [-0.39, 0.29) is 5.60 Å². The number of hydrogen-bond donors (Lipinski definition) is 0. The number of rotatable bonds is 3. The van der Waals surface area contributed by atoms with Crippen LogP contribution in [0.5, 0.6) is 0 Å². The molecular formula is C14H20N2O2. The van der Waals surface area contributed by atoms with Crippen molar-refractivity contribution in [3.8, 4) is 0 Å². The molecule has 18 heavy (non-hydrogen) atoms. The van der Waals surface area contributed by atoms with E-state index in [4.69, 9.17) is 4.74 Å². The van der Waals surface area contributed by atoms with Gasteiger partial charge in [-0.2, -0.15) is 0 Å². The van der Waals surface area contributed by atoms with Crippen LogP contribution >= 0.6 is 0 Å². The molecule has 0 amide bonds. The second-order valence-corrected chi connectivity index (χ2v) is 5.82. The number of hydrogen-bond acceptors (Lipinski definition) is 4. The first-order valence-electron chi connectivity index (χ1n) is 6.34. The largest absolute Gasteiger partial charge is 0.370 e. The molecule has 0 aromatic carbocycles. The van der Waals surface area contributed by atoms with Crippen molar-refractivity contribution in [2.45, 2.75) is 45.1 Å². The zero-order valence-corrected chi connectivity index (χ0v) is 11.3. The van der Waals surface area contributed by atoms with Gasteiger partial charge in [0.15, 0.2) is 12.1 Å². The Labute approximate surface area is 108 Å². The van der Waals surface area contributed by atoms with Gasteiger partial charge >= 0.3 is 0 Å². The van der Waals surface area contributed by atoms with Crippen LogP contribution in [-0.4, -0.2) is 23.4 Å². The fraction of sp³-hybridized carbons (Fsp3) is 0.643. The molecule has 0 saturated heterocycles. The smallest absolute Gasteiger partial charge is 0.160 e. The average molecular weight is 248 g/mol. The molecule has 2 rings (SSSR count). The van der Waals surface area contributed by atoms with Gasteiger partial charge in [-0.05, 0) is 31.1 Å². The molecule has 0 N–H and O–H groups in total. The van der Waals surface area contributed by atoms with Crippen LogP contribution in [0.1, 0.15) is 55.7 Å². The average Bonchev–Trinajstić information content (AvgIpc) is 2.40. The molecule has 0 bridgehead atoms. The van der Waals surface area contributed by atoms with Crippen LogP contribution in [0.3, 0.4) is 0 Å². The molecule has 4 nitrogen and oxygen atoms in total. The first-order chi connectivity index (χ1) is 8.51. The molecule has 98 valence electrons. The van der Waals surface area contributed by atoms with Gasteiger partial charge in [0.05, 0.1) is 5.56 Å². The summed E-state index contributed by atoms with van der Waals surface area (Å²) in [7, 11) is 1.72. The number of carbonyl (C=O) groups excluding carboxylic acids is 1. The summed E-state index contributed by atoms with van der Waals surface area (Å²) in [4.78, 5) is 19.2. The highest BCUT2D eigenvalue weighted by Gasteiger charge is 2.41. The Balaban J connectivity index is 2.24. The zero-order chi connectivity index (χ0) is 13.2. The highest BCUT2D eigenvalue weighted by molar-refractivity contribution is 5.73. The van der Waals surface area contributed by atoms with Gasteiger partial charge in [0.1, 0.15) is 5.60 Å². The van der Waals surface area contributed by atoms with E-state index in [2.05, 4.69) is 23.8 Å². The van der Waals surface area contributed by atoms with Crippen molar-refractivity contribution < 1.29 is 9.53 Å². The second-order valence-electron chi connectivity index (χ2n) is 5.82. The summed E-state index contributed by atoms with van der Waals surface area (Å²) in [6.45, 7) is 4.56. The Morgan fingerprint density at radius 2 is 1.72 bits per heavy atom. The third-order valence-corrected chi connectivity index (χ3v) is 4.02. The van der Waals surface area contributed by atoms with Gasteiger partial charge in [-0.3, -0.25) is 4.79 Å². The van der Waals surface area contributed by atoms with Crippen molar-refractivity contribution in [3.05, 3.63) is 23.8 Å². The zero-order valence-electron chi connectivity index (χ0n) is 11.3. The summed E-state index contributed by atoms with van der Waals surface area (Å²) in [6, 6.07) is 0. The lowest BCUT2D eigenvalue weighted by molar-refractivity contribution is -0.0729. The predicted octanol–water partition coefficient (Wildman–Crippen LogP) is 2.73. The number of nitrogens with zero attached hydrogens (tertiary/aromatic N) is 2. The highest BCUT2D eigenvalue weighted by atomic mass is 16.5. The molecule has 0 unspecified atom stereocenters. The van der Waals surface area contributed by atoms with Crippen molar-refractivity contribution in [1.82, 2.24) is 9.97 Å². The Hall–Kier alpha value is -1.29. The fourth-order valence-corrected chi connectivity index (χ4v) is 2.48. The summed E-state index contributed by atoms with van der Waals surface area (Å²) in [5.74, 6) is 0.700. The van der Waals surface area contributed by atoms with Crippen molar-refractivity contribution in [3.63, 3.8) is 0 Å². The van der Waals surface area contributed by atoms with Gasteiger partial charge in [-0.15, -0.1) is 0 Å². The normalized spacial score (nSPS) is 21.5. The third kappa shape index (κ3) is 2.43. The minimum atomic E-state index is -0.378. The molecule has 1 fully saturated rings. The quantitative estimate of drug-likeness (QED) is 0.772. The van der Waals surface area contributed by atoms with Crippen LogP contribution in [-0.2, 0) is 10.3 Å². The molecule has 1 aliphatic carbocycles. The summed E-state index contributed by atoms with van der Waals surface area (Å²) < 4.78 is 5.72. The summed E-state index contributed by atoms with van der Waals surface area (Å²) in [6.07, 6.45) is 7.94. The van der Waals surface area contributed by atoms with E-state index in [0.29, 0.717) is 16.8 Å². The molecular weight excluding hydrogens is 228 g/mol. The van der Waals surface area contributed by atoms with Crippen molar-refractivity contribution >= 4 is 6.29 Å². The SMILES string of the molecule is COC1(c2ncc(C=O)cn2)CCC(C)(C)CC1. The van der Waals surface area contributed by atoms with Crippen molar-refractivity contribution in [2.24, 2.45) is 5.41 Å². The predicted molar refractivity (Wildman–Crippen MR) is 68.4 cm³/mol. The van der Waals surface area contributed by atoms with Crippen LogP contribution in [0, 0.1) is 5.41 Å². The number of ether oxygens (including phenoxy) is 1. The van der Waals surface area contributed by atoms with Crippen LogP contribution < -0.4 is 0 Å². The Bertz CT molecular complexity index is 416. The van der Waals surface area contributed by atoms with Gasteiger partial charge in [0, 0.05) is 19.5 Å². The topological polar surface area (TPSA) is 52.1 Å². The minimum absolute atomic E-state index is 0.366. The lowest BCUT2D eigenvalue weighted by Crippen LogP contribution is -2.38. The van der Waals surface area contributed by atoms with Crippen molar-refractivity contribution in [1.29, 1.82) is 0 Å². The molecule has 1 saturated carbocycles. The second kappa shape index (κ2) is 4.76. The fourth-order valence-electron chi connectivity index (χ4n) is 2.48. The Morgan fingerprint density at radius 1 is 1.17 bits per heavy atom. The van der Waals surface area contributed by atoms with Gasteiger partial charge in [-0.1, -0.05) is 13.8 Å². The monoisotopic (exact) mass is 248 g/mol. The maximum atomic E-state index is 10.6. The summed E-state index contributed by atoms with van der Waals surface area (Å²) in [5.41, 5.74) is 0.489. The van der Waals surface area contributed by atoms with E-state index in [1.807, 2.05) is 0 Å². The van der Waals surface area contributed by atoms with Crippen LogP contribution in [0.15, 0.2) is 12.4 Å². The van der Waals surface area contributed by atoms with Crippen molar-refractivity contribution in [2.75, 3.05) is 7.11 Å². The lowest BCUT2D eigenvalue weighted by atomic mass is 9.70. The minimum Gasteiger partial charge on any atom is -0.370 e. The molecule has 1 heterocycles. The van der Waals surface area contributed by atoms with E-state index in [1.54, 1.807) is 19.5 Å². The molecule has 0 radical (unpaired) electrons. The van der Waals surface area contributed by atoms with Crippen LogP contribution in [0.2, 0.25) is 0 Å². The van der Waals surface area contributed by atoms with Gasteiger partial charge < -0.3 is 4.74 Å². The maximum absolute atomic E-state index is 10.6. The van der Waals surface area contributed by atoms with E-state index < -0.39 is 0 Å². The molecule has 0 aliphatic heterocycles. The van der Waals surface area contributed by atoms with Gasteiger partial charge in [0.25, 0.3) is 0 Å². The first-order valence-corrected chi connectivity index (χ1v) is 6.34. The van der Waals surface area contributed by atoms with Crippen LogP contribution in [0.4, 0.5) is 0 Å². The summed E-state index contributed by atoms with van der Waals surface area (Å²) in [5, 5.41) is 0. The standard InChI is InChI=1S/C14H20N2O2/c1-13(2)4-6-14(18-3,7-5-13)12-15-8-11(10-17)9-16-12/h8-10H,4-7H2,1-3H3. The van der Waals surface area contributed by atoms with E-state index in [1.165, 1.54) is 0 Å². The number of carbonyl (C=O) groups is 1. The van der Waals surface area contributed by atoms with Gasteiger partial charge in [0.2, 0.25) is 0 Å².